The number of anilines is 2. The largest absolute Gasteiger partial charge is 0.368 e. The Morgan fingerprint density at radius 3 is 1.91 bits per heavy atom. The van der Waals surface area contributed by atoms with E-state index in [9.17, 15) is 0 Å². The average Bonchev–Trinajstić information content (AvgIpc) is 3.43. The van der Waals surface area contributed by atoms with Gasteiger partial charge in [-0.05, 0) is 35.1 Å². The fraction of sp³-hybridized carbons (Fsp3) is 0. The summed E-state index contributed by atoms with van der Waals surface area (Å²) < 4.78 is 2.70. The van der Waals surface area contributed by atoms with E-state index in [-0.39, 0.29) is 6.85 Å². The van der Waals surface area contributed by atoms with Crippen molar-refractivity contribution in [1.82, 2.24) is 0 Å². The van der Waals surface area contributed by atoms with Gasteiger partial charge >= 0.3 is 6.85 Å². The molecule has 0 bridgehead atoms. The van der Waals surface area contributed by atoms with Gasteiger partial charge < -0.3 is 4.81 Å². The molecule has 0 unspecified atom stereocenters. The first-order valence-electron chi connectivity index (χ1n) is 10.8. The van der Waals surface area contributed by atoms with Crippen LogP contribution in [0, 0.1) is 0 Å². The third-order valence-electron chi connectivity index (χ3n) is 6.34. The number of thiophene rings is 2. The third-order valence-corrected chi connectivity index (χ3v) is 8.71. The predicted molar refractivity (Wildman–Crippen MR) is 143 cm³/mol. The van der Waals surface area contributed by atoms with Crippen LogP contribution in [0.5, 0.6) is 0 Å². The second-order valence-electron chi connectivity index (χ2n) is 8.14. The number of hydrogen-bond acceptors (Lipinski definition) is 3. The highest BCUT2D eigenvalue weighted by molar-refractivity contribution is 7.29. The number of rotatable bonds is 2. The minimum atomic E-state index is 0.130. The first-order chi connectivity index (χ1) is 15.9. The molecule has 0 N–H and O–H groups in total. The molecular weight excluding hydrogens is 425 g/mol. The van der Waals surface area contributed by atoms with E-state index in [1.807, 2.05) is 22.7 Å². The van der Waals surface area contributed by atoms with Gasteiger partial charge in [0, 0.05) is 30.9 Å². The summed E-state index contributed by atoms with van der Waals surface area (Å²) in [5, 5.41) is 4.06. The summed E-state index contributed by atoms with van der Waals surface area (Å²) in [5.74, 6) is 0. The van der Waals surface area contributed by atoms with E-state index >= 15 is 0 Å². The first-order valence-corrected chi connectivity index (χ1v) is 12.5. The average molecular weight is 443 g/mol. The Morgan fingerprint density at radius 1 is 0.562 bits per heavy atom. The van der Waals surface area contributed by atoms with Gasteiger partial charge in [-0.15, -0.1) is 22.7 Å². The molecule has 6 aromatic rings. The zero-order valence-corrected chi connectivity index (χ0v) is 18.9. The molecule has 7 rings (SSSR count). The van der Waals surface area contributed by atoms with Gasteiger partial charge in [-0.3, -0.25) is 0 Å². The van der Waals surface area contributed by atoms with Crippen LogP contribution in [0.1, 0.15) is 0 Å². The number of hydrogen-bond donors (Lipinski definition) is 0. The Balaban J connectivity index is 1.66. The molecule has 1 aliphatic heterocycles. The highest BCUT2D eigenvalue weighted by Crippen LogP contribution is 2.52. The van der Waals surface area contributed by atoms with Crippen LogP contribution in [0.3, 0.4) is 0 Å². The van der Waals surface area contributed by atoms with E-state index in [0.717, 1.165) is 0 Å². The lowest BCUT2D eigenvalue weighted by molar-refractivity contribution is 1.42. The van der Waals surface area contributed by atoms with Gasteiger partial charge in [-0.2, -0.15) is 0 Å². The zero-order valence-electron chi connectivity index (χ0n) is 17.2. The summed E-state index contributed by atoms with van der Waals surface area (Å²) in [5.41, 5.74) is 5.37. The van der Waals surface area contributed by atoms with Crippen molar-refractivity contribution in [1.29, 1.82) is 0 Å². The number of benzene rings is 4. The van der Waals surface area contributed by atoms with E-state index in [2.05, 4.69) is 114 Å². The summed E-state index contributed by atoms with van der Waals surface area (Å²) in [6.07, 6.45) is 0. The molecular formula is C28H18BNS2. The molecule has 0 fully saturated rings. The van der Waals surface area contributed by atoms with Gasteiger partial charge in [0.25, 0.3) is 0 Å². The highest BCUT2D eigenvalue weighted by atomic mass is 32.1. The van der Waals surface area contributed by atoms with Crippen LogP contribution in [-0.2, 0) is 0 Å². The Bertz CT molecular complexity index is 1580. The number of fused-ring (bicyclic) bond motifs is 7. The first kappa shape index (κ1) is 18.3. The van der Waals surface area contributed by atoms with Crippen molar-refractivity contribution in [3.8, 4) is 10.4 Å². The van der Waals surface area contributed by atoms with E-state index < -0.39 is 0 Å². The molecule has 0 amide bonds. The van der Waals surface area contributed by atoms with Crippen LogP contribution >= 0.6 is 22.7 Å². The summed E-state index contributed by atoms with van der Waals surface area (Å²) >= 11 is 3.84. The molecule has 2 aromatic heterocycles. The Labute approximate surface area is 195 Å². The molecule has 150 valence electrons. The zero-order chi connectivity index (χ0) is 21.1. The maximum Gasteiger partial charge on any atom is 0.330 e. The molecule has 1 aliphatic rings. The SMILES string of the molecule is c1ccc(B2c3c(sc4ccccc34)-c3c(sc4ccccc34)N2c2ccccc2)cc1. The summed E-state index contributed by atoms with van der Waals surface area (Å²) in [6.45, 7) is 0.130. The third kappa shape index (κ3) is 2.57. The van der Waals surface area contributed by atoms with Gasteiger partial charge in [-0.1, -0.05) is 90.4 Å². The van der Waals surface area contributed by atoms with E-state index in [1.54, 1.807) is 0 Å². The van der Waals surface area contributed by atoms with Crippen molar-refractivity contribution in [2.45, 2.75) is 0 Å². The van der Waals surface area contributed by atoms with E-state index in [4.69, 9.17) is 0 Å². The van der Waals surface area contributed by atoms with Crippen LogP contribution in [0.2, 0.25) is 0 Å². The Hall–Kier alpha value is -3.34. The summed E-state index contributed by atoms with van der Waals surface area (Å²) in [6, 6.07) is 39.6. The molecule has 0 spiro atoms. The quantitative estimate of drug-likeness (QED) is 0.260. The van der Waals surface area contributed by atoms with Gasteiger partial charge in [-0.25, -0.2) is 0 Å². The van der Waals surface area contributed by atoms with Crippen molar-refractivity contribution in [3.63, 3.8) is 0 Å². The summed E-state index contributed by atoms with van der Waals surface area (Å²) in [4.78, 5) is 3.98. The number of para-hydroxylation sites is 1. The molecule has 4 heteroatoms. The van der Waals surface area contributed by atoms with Crippen molar-refractivity contribution < 1.29 is 0 Å². The Morgan fingerprint density at radius 2 is 1.16 bits per heavy atom. The predicted octanol–water partition coefficient (Wildman–Crippen LogP) is 7.04. The molecule has 4 aromatic carbocycles. The fourth-order valence-electron chi connectivity index (χ4n) is 5.00. The topological polar surface area (TPSA) is 3.24 Å². The summed E-state index contributed by atoms with van der Waals surface area (Å²) in [7, 11) is 0. The molecule has 1 nitrogen and oxygen atoms in total. The van der Waals surface area contributed by atoms with Crippen molar-refractivity contribution in [2.24, 2.45) is 0 Å². The lowest BCUT2D eigenvalue weighted by Crippen LogP contribution is -2.56. The lowest BCUT2D eigenvalue weighted by atomic mass is 9.46. The Kier molecular flexibility index (Phi) is 4.05. The van der Waals surface area contributed by atoms with Crippen LogP contribution in [-0.4, -0.2) is 6.85 Å². The van der Waals surface area contributed by atoms with Gasteiger partial charge in [0.1, 0.15) is 0 Å². The molecule has 0 saturated heterocycles. The van der Waals surface area contributed by atoms with E-state index in [0.29, 0.717) is 0 Å². The monoisotopic (exact) mass is 443 g/mol. The molecule has 32 heavy (non-hydrogen) atoms. The lowest BCUT2D eigenvalue weighted by Gasteiger charge is -2.36. The molecule has 0 radical (unpaired) electrons. The minimum absolute atomic E-state index is 0.130. The maximum atomic E-state index is 2.57. The van der Waals surface area contributed by atoms with Crippen LogP contribution in [0.4, 0.5) is 10.7 Å². The van der Waals surface area contributed by atoms with E-state index in [1.165, 1.54) is 52.2 Å². The second-order valence-corrected chi connectivity index (χ2v) is 10.2. The number of nitrogens with zero attached hydrogens (tertiary/aromatic N) is 1. The second kappa shape index (κ2) is 7.09. The van der Waals surface area contributed by atoms with Crippen LogP contribution in [0.25, 0.3) is 30.6 Å². The van der Waals surface area contributed by atoms with Crippen LogP contribution in [0.15, 0.2) is 109 Å². The minimum Gasteiger partial charge on any atom is -0.368 e. The fourth-order valence-corrected chi connectivity index (χ4v) is 7.61. The molecule has 0 atom stereocenters. The molecule has 3 heterocycles. The van der Waals surface area contributed by atoms with Gasteiger partial charge in [0.15, 0.2) is 0 Å². The van der Waals surface area contributed by atoms with Crippen molar-refractivity contribution in [2.75, 3.05) is 4.81 Å². The normalized spacial score (nSPS) is 12.9. The highest BCUT2D eigenvalue weighted by Gasteiger charge is 2.41. The standard InChI is InChI=1S/C28H18BNS2/c1-3-11-19(12-4-1)29-26-22-16-8-10-18-24(22)31-27(26)25-21-15-7-9-17-23(21)32-28(25)30(29)20-13-5-2-6-14-20/h1-18H. The van der Waals surface area contributed by atoms with Crippen LogP contribution < -0.4 is 15.7 Å². The van der Waals surface area contributed by atoms with Gasteiger partial charge in [0.2, 0.25) is 0 Å². The molecule has 0 saturated carbocycles. The van der Waals surface area contributed by atoms with Crippen molar-refractivity contribution >= 4 is 71.3 Å². The molecule has 0 aliphatic carbocycles. The maximum absolute atomic E-state index is 2.57. The van der Waals surface area contributed by atoms with Crippen molar-refractivity contribution in [3.05, 3.63) is 109 Å². The van der Waals surface area contributed by atoms with Gasteiger partial charge in [0.05, 0.1) is 5.00 Å². The smallest absolute Gasteiger partial charge is 0.330 e.